The Morgan fingerprint density at radius 2 is 1.88 bits per heavy atom. The van der Waals surface area contributed by atoms with Crippen molar-refractivity contribution in [3.63, 3.8) is 0 Å². The molecule has 0 saturated carbocycles. The number of rotatable bonds is 8. The summed E-state index contributed by atoms with van der Waals surface area (Å²) in [6, 6.07) is 5.54. The van der Waals surface area contributed by atoms with Gasteiger partial charge in [-0.15, -0.1) is 24.0 Å². The van der Waals surface area contributed by atoms with Crippen LogP contribution in [-0.2, 0) is 16.6 Å². The van der Waals surface area contributed by atoms with Gasteiger partial charge in [0.2, 0.25) is 10.0 Å². The van der Waals surface area contributed by atoms with Crippen molar-refractivity contribution in [2.75, 3.05) is 33.1 Å². The summed E-state index contributed by atoms with van der Waals surface area (Å²) < 4.78 is 32.3. The molecule has 0 amide bonds. The van der Waals surface area contributed by atoms with Gasteiger partial charge in [0.15, 0.2) is 17.5 Å². The number of sulfonamides is 1. The molecule has 1 rings (SSSR count). The van der Waals surface area contributed by atoms with Crippen molar-refractivity contribution in [3.05, 3.63) is 23.8 Å². The fourth-order valence-electron chi connectivity index (χ4n) is 1.80. The zero-order valence-corrected chi connectivity index (χ0v) is 17.2. The summed E-state index contributed by atoms with van der Waals surface area (Å²) in [5, 5.41) is 10.9. The first-order valence-electron chi connectivity index (χ1n) is 7.13. The molecule has 8 nitrogen and oxygen atoms in total. The zero-order chi connectivity index (χ0) is 17.3. The highest BCUT2D eigenvalue weighted by molar-refractivity contribution is 14.0. The number of guanidine groups is 1. The van der Waals surface area contributed by atoms with Gasteiger partial charge in [-0.2, -0.15) is 0 Å². The normalized spacial score (nSPS) is 11.4. The maximum atomic E-state index is 10.9. The van der Waals surface area contributed by atoms with Crippen molar-refractivity contribution < 1.29 is 17.9 Å². The number of benzene rings is 1. The molecule has 1 aromatic rings. The molecule has 1 aromatic carbocycles. The van der Waals surface area contributed by atoms with Gasteiger partial charge in [-0.25, -0.2) is 18.5 Å². The van der Waals surface area contributed by atoms with Gasteiger partial charge in [0.25, 0.3) is 0 Å². The van der Waals surface area contributed by atoms with Crippen molar-refractivity contribution in [2.45, 2.75) is 13.5 Å². The number of aliphatic imine (C=N–C) groups is 1. The third-order valence-corrected chi connectivity index (χ3v) is 3.66. The number of ether oxygens (including phenoxy) is 2. The van der Waals surface area contributed by atoms with E-state index in [1.54, 1.807) is 14.2 Å². The molecule has 0 aromatic heterocycles. The lowest BCUT2D eigenvalue weighted by molar-refractivity contribution is 0.354. The highest BCUT2D eigenvalue weighted by Crippen LogP contribution is 2.27. The van der Waals surface area contributed by atoms with E-state index < -0.39 is 10.0 Å². The fraction of sp³-hybridized carbons (Fsp3) is 0.500. The minimum Gasteiger partial charge on any atom is -0.493 e. The lowest BCUT2D eigenvalue weighted by Gasteiger charge is -2.11. The molecule has 0 aliphatic carbocycles. The van der Waals surface area contributed by atoms with E-state index in [4.69, 9.17) is 14.6 Å². The molecule has 0 bridgehead atoms. The Kier molecular flexibility index (Phi) is 10.7. The van der Waals surface area contributed by atoms with Crippen LogP contribution in [0, 0.1) is 0 Å². The van der Waals surface area contributed by atoms with Crippen LogP contribution >= 0.6 is 24.0 Å². The van der Waals surface area contributed by atoms with E-state index in [0.29, 0.717) is 30.5 Å². The molecule has 0 heterocycles. The first-order chi connectivity index (χ1) is 10.9. The summed E-state index contributed by atoms with van der Waals surface area (Å²) in [5.41, 5.74) is 0.936. The summed E-state index contributed by atoms with van der Waals surface area (Å²) in [7, 11) is -0.343. The lowest BCUT2D eigenvalue weighted by Crippen LogP contribution is -2.40. The Bertz CT molecular complexity index is 638. The predicted octanol–water partition coefficient (Wildman–Crippen LogP) is 0.665. The van der Waals surface area contributed by atoms with Gasteiger partial charge in [-0.05, 0) is 24.6 Å². The van der Waals surface area contributed by atoms with Crippen LogP contribution in [0.3, 0.4) is 0 Å². The second-order valence-electron chi connectivity index (χ2n) is 4.68. The van der Waals surface area contributed by atoms with Gasteiger partial charge in [-0.1, -0.05) is 6.07 Å². The van der Waals surface area contributed by atoms with Crippen LogP contribution in [0.2, 0.25) is 0 Å². The fourth-order valence-corrected chi connectivity index (χ4v) is 2.19. The Morgan fingerprint density at radius 3 is 2.42 bits per heavy atom. The summed E-state index contributed by atoms with van der Waals surface area (Å²) in [6.07, 6.45) is 0. The van der Waals surface area contributed by atoms with Gasteiger partial charge in [0.1, 0.15) is 0 Å². The largest absolute Gasteiger partial charge is 0.493 e. The molecular formula is C14H25IN4O4S. The van der Waals surface area contributed by atoms with Crippen LogP contribution in [0.25, 0.3) is 0 Å². The van der Waals surface area contributed by atoms with Gasteiger partial charge in [0, 0.05) is 13.1 Å². The van der Waals surface area contributed by atoms with Gasteiger partial charge in [0.05, 0.1) is 26.5 Å². The molecule has 0 saturated heterocycles. The first kappa shape index (κ1) is 22.7. The Balaban J connectivity index is 0.00000529. The topological polar surface area (TPSA) is 115 Å². The van der Waals surface area contributed by atoms with Crippen LogP contribution in [0.5, 0.6) is 11.5 Å². The van der Waals surface area contributed by atoms with E-state index in [-0.39, 0.29) is 36.3 Å². The zero-order valence-electron chi connectivity index (χ0n) is 14.0. The molecule has 0 fully saturated rings. The van der Waals surface area contributed by atoms with Gasteiger partial charge < -0.3 is 20.1 Å². The number of nitrogens with zero attached hydrogens (tertiary/aromatic N) is 1. The number of nitrogens with two attached hydrogens (primary N) is 1. The van der Waals surface area contributed by atoms with Crippen LogP contribution in [0.4, 0.5) is 0 Å². The standard InChI is InChI=1S/C14H24N4O4S.HI/c1-4-16-14(17-7-8-23(15,19)20)18-10-11-5-6-12(21-2)13(9-11)22-3;/h5-6,9H,4,7-8,10H2,1-3H3,(H2,15,19,20)(H2,16,17,18);1H. The number of halogens is 1. The molecule has 0 aliphatic rings. The maximum absolute atomic E-state index is 10.9. The summed E-state index contributed by atoms with van der Waals surface area (Å²) >= 11 is 0. The summed E-state index contributed by atoms with van der Waals surface area (Å²) in [6.45, 7) is 3.18. The molecule has 0 radical (unpaired) electrons. The van der Waals surface area contributed by atoms with Crippen LogP contribution in [0.15, 0.2) is 23.2 Å². The first-order valence-corrected chi connectivity index (χ1v) is 8.84. The average molecular weight is 472 g/mol. The van der Waals surface area contributed by atoms with E-state index in [1.807, 2.05) is 25.1 Å². The van der Waals surface area contributed by atoms with Crippen LogP contribution < -0.4 is 25.2 Å². The van der Waals surface area contributed by atoms with Crippen molar-refractivity contribution in [1.82, 2.24) is 10.6 Å². The molecule has 0 unspecified atom stereocenters. The van der Waals surface area contributed by atoms with E-state index in [0.717, 1.165) is 5.56 Å². The molecule has 0 spiro atoms. The molecule has 10 heteroatoms. The summed E-state index contributed by atoms with van der Waals surface area (Å²) in [5.74, 6) is 1.64. The van der Waals surface area contributed by atoms with E-state index in [2.05, 4.69) is 15.6 Å². The Morgan fingerprint density at radius 1 is 1.21 bits per heavy atom. The van der Waals surface area contributed by atoms with Crippen molar-refractivity contribution in [1.29, 1.82) is 0 Å². The predicted molar refractivity (Wildman–Crippen MR) is 106 cm³/mol. The van der Waals surface area contributed by atoms with Crippen LogP contribution in [0.1, 0.15) is 12.5 Å². The molecule has 0 aliphatic heterocycles. The number of methoxy groups -OCH3 is 2. The number of hydrogen-bond acceptors (Lipinski definition) is 5. The highest BCUT2D eigenvalue weighted by Gasteiger charge is 2.06. The molecule has 24 heavy (non-hydrogen) atoms. The van der Waals surface area contributed by atoms with Crippen LogP contribution in [-0.4, -0.2) is 47.4 Å². The molecule has 0 atom stereocenters. The number of hydrogen-bond donors (Lipinski definition) is 3. The SMILES string of the molecule is CCNC(=NCc1ccc(OC)c(OC)c1)NCCS(N)(=O)=O.I. The van der Waals surface area contributed by atoms with Gasteiger partial charge in [-0.3, -0.25) is 0 Å². The van der Waals surface area contributed by atoms with E-state index in [9.17, 15) is 8.42 Å². The summed E-state index contributed by atoms with van der Waals surface area (Å²) in [4.78, 5) is 4.40. The van der Waals surface area contributed by atoms with E-state index in [1.165, 1.54) is 0 Å². The van der Waals surface area contributed by atoms with Crippen molar-refractivity contribution in [3.8, 4) is 11.5 Å². The molecule has 138 valence electrons. The lowest BCUT2D eigenvalue weighted by atomic mass is 10.2. The second-order valence-corrected chi connectivity index (χ2v) is 6.41. The minimum absolute atomic E-state index is 0. The maximum Gasteiger partial charge on any atom is 0.210 e. The second kappa shape index (κ2) is 11.3. The molecule has 4 N–H and O–H groups in total. The minimum atomic E-state index is -3.49. The third kappa shape index (κ3) is 8.55. The monoisotopic (exact) mass is 472 g/mol. The number of primary sulfonamides is 1. The van der Waals surface area contributed by atoms with Gasteiger partial charge >= 0.3 is 0 Å². The smallest absolute Gasteiger partial charge is 0.210 e. The highest BCUT2D eigenvalue weighted by atomic mass is 127. The third-order valence-electron chi connectivity index (χ3n) is 2.89. The molecular weight excluding hydrogens is 447 g/mol. The Labute approximate surface area is 160 Å². The quantitative estimate of drug-likeness (QED) is 0.291. The van der Waals surface area contributed by atoms with Crippen molar-refractivity contribution in [2.24, 2.45) is 10.1 Å². The van der Waals surface area contributed by atoms with E-state index >= 15 is 0 Å². The Hall–Kier alpha value is -1.27. The van der Waals surface area contributed by atoms with Crippen molar-refractivity contribution >= 4 is 40.0 Å². The average Bonchev–Trinajstić information content (AvgIpc) is 2.51. The number of nitrogens with one attached hydrogen (secondary N) is 2.